The second kappa shape index (κ2) is 11.3. The zero-order valence-electron chi connectivity index (χ0n) is 23.7. The lowest BCUT2D eigenvalue weighted by atomic mass is 9.99. The standard InChI is InChI=1S/C33H29N3O4/c1-21-10-8-9-13-29(21)36-32(34-28-19-18-26(39-3)20-27(28)33(38)40-4)30(22(2)35-36)23-14-16-25(17-15-23)31(37)24-11-6-5-7-12-24/h5-20,34H,1-4H3/i9T. The molecule has 1 N–H and O–H groups in total. The number of nitrogens with one attached hydrogen (secondary N) is 1. The van der Waals surface area contributed by atoms with E-state index in [0.717, 1.165) is 28.1 Å². The summed E-state index contributed by atoms with van der Waals surface area (Å²) >= 11 is 0. The highest BCUT2D eigenvalue weighted by atomic mass is 16.5. The van der Waals surface area contributed by atoms with Gasteiger partial charge in [0.25, 0.3) is 0 Å². The number of methoxy groups -OCH3 is 2. The van der Waals surface area contributed by atoms with Crippen LogP contribution in [0.25, 0.3) is 16.8 Å². The molecule has 0 fully saturated rings. The van der Waals surface area contributed by atoms with Crippen LogP contribution in [-0.4, -0.2) is 35.8 Å². The lowest BCUT2D eigenvalue weighted by molar-refractivity contribution is 0.0601. The number of nitrogens with zero attached hydrogens (tertiary/aromatic N) is 2. The largest absolute Gasteiger partial charge is 0.497 e. The first-order valence-electron chi connectivity index (χ1n) is 13.2. The van der Waals surface area contributed by atoms with Gasteiger partial charge in [-0.2, -0.15) is 5.10 Å². The maximum atomic E-state index is 13.0. The summed E-state index contributed by atoms with van der Waals surface area (Å²) in [5, 5.41) is 8.27. The van der Waals surface area contributed by atoms with Gasteiger partial charge in [0.2, 0.25) is 0 Å². The Morgan fingerprint density at radius 1 is 0.875 bits per heavy atom. The van der Waals surface area contributed by atoms with Crippen molar-refractivity contribution in [2.75, 3.05) is 19.5 Å². The molecule has 0 saturated heterocycles. The number of rotatable bonds is 8. The van der Waals surface area contributed by atoms with Crippen LogP contribution >= 0.6 is 0 Å². The van der Waals surface area contributed by atoms with Crippen molar-refractivity contribution in [1.29, 1.82) is 0 Å². The molecule has 1 aromatic heterocycles. The van der Waals surface area contributed by atoms with Crippen molar-refractivity contribution in [3.63, 3.8) is 0 Å². The first kappa shape index (κ1) is 25.1. The molecular formula is C33H29N3O4. The third-order valence-electron chi connectivity index (χ3n) is 6.70. The van der Waals surface area contributed by atoms with Crippen LogP contribution in [0.4, 0.5) is 11.5 Å². The molecule has 7 nitrogen and oxygen atoms in total. The van der Waals surface area contributed by atoms with Gasteiger partial charge < -0.3 is 14.8 Å². The van der Waals surface area contributed by atoms with Gasteiger partial charge in [0.15, 0.2) is 5.78 Å². The molecule has 1 heterocycles. The van der Waals surface area contributed by atoms with Crippen molar-refractivity contribution >= 4 is 23.3 Å². The summed E-state index contributed by atoms with van der Waals surface area (Å²) in [6.45, 7) is 3.85. The van der Waals surface area contributed by atoms with E-state index in [1.165, 1.54) is 14.2 Å². The van der Waals surface area contributed by atoms with Crippen LogP contribution in [0, 0.1) is 13.8 Å². The topological polar surface area (TPSA) is 82.5 Å². The first-order chi connectivity index (χ1) is 19.8. The predicted molar refractivity (Wildman–Crippen MR) is 156 cm³/mol. The fourth-order valence-electron chi connectivity index (χ4n) is 4.60. The molecule has 7 heteroatoms. The average molecular weight is 534 g/mol. The number of aryl methyl sites for hydroxylation is 2. The highest BCUT2D eigenvalue weighted by Crippen LogP contribution is 2.37. The Morgan fingerprint density at radius 2 is 1.60 bits per heavy atom. The number of aromatic nitrogens is 2. The molecule has 0 unspecified atom stereocenters. The predicted octanol–water partition coefficient (Wildman–Crippen LogP) is 6.93. The van der Waals surface area contributed by atoms with Gasteiger partial charge >= 0.3 is 5.97 Å². The van der Waals surface area contributed by atoms with E-state index in [1.54, 1.807) is 59.3 Å². The van der Waals surface area contributed by atoms with Gasteiger partial charge in [0, 0.05) is 16.7 Å². The summed E-state index contributed by atoms with van der Waals surface area (Å²) in [4.78, 5) is 25.7. The second-order valence-corrected chi connectivity index (χ2v) is 9.23. The molecule has 0 spiro atoms. The van der Waals surface area contributed by atoms with Crippen LogP contribution in [0.15, 0.2) is 97.0 Å². The van der Waals surface area contributed by atoms with Crippen LogP contribution in [0.2, 0.25) is 0 Å². The molecule has 40 heavy (non-hydrogen) atoms. The number of benzene rings is 4. The molecule has 4 aromatic carbocycles. The van der Waals surface area contributed by atoms with Crippen molar-refractivity contribution in [3.8, 4) is 22.6 Å². The molecule has 5 aromatic rings. The summed E-state index contributed by atoms with van der Waals surface area (Å²) in [5.41, 5.74) is 5.95. The summed E-state index contributed by atoms with van der Waals surface area (Å²) in [6, 6.07) is 27.3. The van der Waals surface area contributed by atoms with Gasteiger partial charge in [-0.25, -0.2) is 9.48 Å². The fourth-order valence-corrected chi connectivity index (χ4v) is 4.60. The minimum atomic E-state index is -0.524. The van der Waals surface area contributed by atoms with Gasteiger partial charge in [-0.1, -0.05) is 72.8 Å². The molecule has 0 aliphatic heterocycles. The molecule has 0 radical (unpaired) electrons. The Hall–Kier alpha value is -5.17. The second-order valence-electron chi connectivity index (χ2n) is 9.23. The van der Waals surface area contributed by atoms with E-state index in [2.05, 4.69) is 5.32 Å². The Kier molecular flexibility index (Phi) is 7.09. The van der Waals surface area contributed by atoms with Gasteiger partial charge in [-0.05, 0) is 49.2 Å². The zero-order chi connectivity index (χ0) is 29.1. The molecule has 200 valence electrons. The Morgan fingerprint density at radius 3 is 2.30 bits per heavy atom. The van der Waals surface area contributed by atoms with Crippen LogP contribution in [0.5, 0.6) is 5.75 Å². The highest BCUT2D eigenvalue weighted by Gasteiger charge is 2.22. The first-order valence-corrected chi connectivity index (χ1v) is 12.7. The van der Waals surface area contributed by atoms with Crippen molar-refractivity contribution in [2.24, 2.45) is 0 Å². The van der Waals surface area contributed by atoms with E-state index in [4.69, 9.17) is 15.9 Å². The summed E-state index contributed by atoms with van der Waals surface area (Å²) in [5.74, 6) is 0.515. The third-order valence-corrected chi connectivity index (χ3v) is 6.70. The van der Waals surface area contributed by atoms with Crippen molar-refractivity contribution in [3.05, 3.63) is 125 Å². The van der Waals surface area contributed by atoms with E-state index >= 15 is 0 Å². The quantitative estimate of drug-likeness (QED) is 0.172. The summed E-state index contributed by atoms with van der Waals surface area (Å²) < 4.78 is 20.3. The van der Waals surface area contributed by atoms with Gasteiger partial charge in [0.1, 0.15) is 11.6 Å². The normalized spacial score (nSPS) is 11.1. The molecule has 0 bridgehead atoms. The average Bonchev–Trinajstić information content (AvgIpc) is 3.33. The Balaban J connectivity index is 1.66. The van der Waals surface area contributed by atoms with Gasteiger partial charge in [-0.15, -0.1) is 0 Å². The Bertz CT molecular complexity index is 1750. The number of ether oxygens (including phenoxy) is 2. The van der Waals surface area contributed by atoms with Crippen LogP contribution in [0.3, 0.4) is 0 Å². The molecule has 0 atom stereocenters. The van der Waals surface area contributed by atoms with E-state index in [9.17, 15) is 9.59 Å². The van der Waals surface area contributed by atoms with Crippen molar-refractivity contribution in [1.82, 2.24) is 9.78 Å². The smallest absolute Gasteiger partial charge is 0.340 e. The molecule has 0 amide bonds. The highest BCUT2D eigenvalue weighted by molar-refractivity contribution is 6.09. The summed E-state index contributed by atoms with van der Waals surface area (Å²) in [6.07, 6.45) is 0. The van der Waals surface area contributed by atoms with E-state index in [0.29, 0.717) is 34.4 Å². The zero-order valence-corrected chi connectivity index (χ0v) is 22.7. The Labute approximate surface area is 234 Å². The van der Waals surface area contributed by atoms with E-state index in [1.807, 2.05) is 50.2 Å². The molecule has 0 aliphatic rings. The minimum absolute atomic E-state index is 0.0632. The maximum absolute atomic E-state index is 13.0. The van der Waals surface area contributed by atoms with Gasteiger partial charge in [-0.3, -0.25) is 4.79 Å². The summed E-state index contributed by atoms with van der Waals surface area (Å²) in [7, 11) is 2.86. The molecule has 0 saturated carbocycles. The SMILES string of the molecule is [3H]c1ccc(C)c(-n2nc(C)c(-c3ccc(C(=O)c4ccccc4)cc3)c2Nc2ccc(OC)cc2C(=O)OC)c1. The van der Waals surface area contributed by atoms with Gasteiger partial charge in [0.05, 0.1) is 38.2 Å². The number of anilines is 2. The number of carbonyl (C=O) groups excluding carboxylic acids is 2. The van der Waals surface area contributed by atoms with E-state index < -0.39 is 5.97 Å². The minimum Gasteiger partial charge on any atom is -0.497 e. The van der Waals surface area contributed by atoms with Crippen LogP contribution in [0.1, 0.15) is 38.9 Å². The van der Waals surface area contributed by atoms with Crippen LogP contribution in [-0.2, 0) is 4.74 Å². The van der Waals surface area contributed by atoms with Crippen LogP contribution < -0.4 is 10.1 Å². The number of para-hydroxylation sites is 1. The third kappa shape index (κ3) is 5.09. The lowest BCUT2D eigenvalue weighted by Crippen LogP contribution is -2.09. The van der Waals surface area contributed by atoms with Crippen molar-refractivity contribution < 1.29 is 20.4 Å². The number of ketones is 1. The molecule has 5 rings (SSSR count). The number of hydrogen-bond donors (Lipinski definition) is 1. The number of esters is 1. The maximum Gasteiger partial charge on any atom is 0.340 e. The fraction of sp³-hybridized carbons (Fsp3) is 0.121. The molecular weight excluding hydrogens is 502 g/mol. The monoisotopic (exact) mass is 533 g/mol. The molecule has 0 aliphatic carbocycles. The number of hydrogen-bond acceptors (Lipinski definition) is 6. The van der Waals surface area contributed by atoms with E-state index in [-0.39, 0.29) is 11.3 Å². The lowest BCUT2D eigenvalue weighted by Gasteiger charge is -2.16. The number of carbonyl (C=O) groups is 2. The van der Waals surface area contributed by atoms with Crippen molar-refractivity contribution in [2.45, 2.75) is 13.8 Å².